The van der Waals surface area contributed by atoms with Crippen molar-refractivity contribution in [2.24, 2.45) is 0 Å². The predicted octanol–water partition coefficient (Wildman–Crippen LogP) is 4.99. The zero-order chi connectivity index (χ0) is 20.5. The summed E-state index contributed by atoms with van der Waals surface area (Å²) in [5, 5.41) is 0. The molecule has 1 aliphatic carbocycles. The summed E-state index contributed by atoms with van der Waals surface area (Å²) in [5.41, 5.74) is 3.78. The summed E-state index contributed by atoms with van der Waals surface area (Å²) in [6.07, 6.45) is 7.28. The molecule has 1 aromatic carbocycles. The third-order valence-electron chi connectivity index (χ3n) is 5.86. The van der Waals surface area contributed by atoms with E-state index in [-0.39, 0.29) is 17.4 Å². The molecule has 1 fully saturated rings. The number of ether oxygens (including phenoxy) is 1. The Morgan fingerprint density at radius 3 is 2.25 bits per heavy atom. The van der Waals surface area contributed by atoms with Crippen LogP contribution in [-0.2, 0) is 19.7 Å². The third kappa shape index (κ3) is 3.91. The lowest BCUT2D eigenvalue weighted by Gasteiger charge is -2.32. The van der Waals surface area contributed by atoms with Crippen LogP contribution >= 0.6 is 0 Å². The molecule has 0 spiro atoms. The van der Waals surface area contributed by atoms with Gasteiger partial charge in [0.25, 0.3) is 5.91 Å². The normalized spacial score (nSPS) is 20.2. The minimum absolute atomic E-state index is 0.0697. The highest BCUT2D eigenvalue weighted by Crippen LogP contribution is 2.37. The molecule has 2 aliphatic rings. The van der Waals surface area contributed by atoms with E-state index in [4.69, 9.17) is 4.74 Å². The maximum absolute atomic E-state index is 13.3. The van der Waals surface area contributed by atoms with Crippen LogP contribution in [0.5, 0.6) is 0 Å². The van der Waals surface area contributed by atoms with Crippen LogP contribution < -0.4 is 0 Å². The average molecular weight is 382 g/mol. The zero-order valence-corrected chi connectivity index (χ0v) is 17.7. The van der Waals surface area contributed by atoms with Gasteiger partial charge in [0, 0.05) is 11.7 Å². The molecule has 4 heteroatoms. The third-order valence-corrected chi connectivity index (χ3v) is 5.86. The highest BCUT2D eigenvalue weighted by Gasteiger charge is 2.40. The first-order chi connectivity index (χ1) is 13.2. The number of rotatable bonds is 3. The Morgan fingerprint density at radius 2 is 1.71 bits per heavy atom. The van der Waals surface area contributed by atoms with E-state index in [1.165, 1.54) is 19.1 Å². The Balaban J connectivity index is 1.99. The topological polar surface area (TPSA) is 46.6 Å². The molecule has 3 rings (SSSR count). The summed E-state index contributed by atoms with van der Waals surface area (Å²) in [7, 11) is 1.37. The fourth-order valence-electron chi connectivity index (χ4n) is 4.22. The largest absolute Gasteiger partial charge is 0.465 e. The van der Waals surface area contributed by atoms with Crippen molar-refractivity contribution in [3.8, 4) is 0 Å². The molecule has 0 radical (unpaired) electrons. The number of benzene rings is 1. The lowest BCUT2D eigenvalue weighted by atomic mass is 9.86. The van der Waals surface area contributed by atoms with E-state index in [1.807, 2.05) is 30.0 Å². The number of amides is 1. The van der Waals surface area contributed by atoms with Crippen molar-refractivity contribution < 1.29 is 14.3 Å². The molecule has 1 heterocycles. The van der Waals surface area contributed by atoms with Crippen LogP contribution in [0.25, 0.3) is 6.08 Å². The van der Waals surface area contributed by atoms with Gasteiger partial charge in [0.1, 0.15) is 0 Å². The fourth-order valence-corrected chi connectivity index (χ4v) is 4.22. The SMILES string of the molecule is COC(=O)C1=C(C)N(C2CCCCC2)C(=O)/C1=C\c1ccc(C(C)(C)C)cc1. The van der Waals surface area contributed by atoms with E-state index in [0.717, 1.165) is 36.9 Å². The van der Waals surface area contributed by atoms with Crippen LogP contribution in [-0.4, -0.2) is 29.9 Å². The number of carbonyl (C=O) groups excluding carboxylic acids is 2. The lowest BCUT2D eigenvalue weighted by molar-refractivity contribution is -0.136. The number of methoxy groups -OCH3 is 1. The first-order valence-corrected chi connectivity index (χ1v) is 10.2. The monoisotopic (exact) mass is 381 g/mol. The van der Waals surface area contributed by atoms with Crippen LogP contribution in [0.2, 0.25) is 0 Å². The second-order valence-corrected chi connectivity index (χ2v) is 8.85. The van der Waals surface area contributed by atoms with E-state index < -0.39 is 5.97 Å². The van der Waals surface area contributed by atoms with Crippen molar-refractivity contribution in [1.29, 1.82) is 0 Å². The van der Waals surface area contributed by atoms with Gasteiger partial charge < -0.3 is 9.64 Å². The zero-order valence-electron chi connectivity index (χ0n) is 17.7. The van der Waals surface area contributed by atoms with Gasteiger partial charge in [-0.25, -0.2) is 4.79 Å². The van der Waals surface area contributed by atoms with Gasteiger partial charge in [-0.3, -0.25) is 4.79 Å². The molecule has 4 nitrogen and oxygen atoms in total. The van der Waals surface area contributed by atoms with Gasteiger partial charge in [-0.2, -0.15) is 0 Å². The Morgan fingerprint density at radius 1 is 1.11 bits per heavy atom. The minimum atomic E-state index is -0.443. The maximum atomic E-state index is 13.3. The number of carbonyl (C=O) groups is 2. The first kappa shape index (κ1) is 20.4. The van der Waals surface area contributed by atoms with Gasteiger partial charge in [-0.1, -0.05) is 64.3 Å². The molecular weight excluding hydrogens is 350 g/mol. The highest BCUT2D eigenvalue weighted by atomic mass is 16.5. The predicted molar refractivity (Wildman–Crippen MR) is 112 cm³/mol. The van der Waals surface area contributed by atoms with Crippen molar-refractivity contribution in [3.05, 3.63) is 52.2 Å². The van der Waals surface area contributed by atoms with Crippen molar-refractivity contribution in [3.63, 3.8) is 0 Å². The van der Waals surface area contributed by atoms with Crippen molar-refractivity contribution in [1.82, 2.24) is 4.90 Å². The number of allylic oxidation sites excluding steroid dienone is 1. The lowest BCUT2D eigenvalue weighted by Crippen LogP contribution is -2.37. The Bertz CT molecular complexity index is 818. The Kier molecular flexibility index (Phi) is 5.78. The molecule has 28 heavy (non-hydrogen) atoms. The molecule has 0 bridgehead atoms. The van der Waals surface area contributed by atoms with Crippen molar-refractivity contribution in [2.45, 2.75) is 71.3 Å². The molecule has 0 aromatic heterocycles. The van der Waals surface area contributed by atoms with E-state index in [1.54, 1.807) is 0 Å². The minimum Gasteiger partial charge on any atom is -0.465 e. The number of hydrogen-bond donors (Lipinski definition) is 0. The first-order valence-electron chi connectivity index (χ1n) is 10.2. The van der Waals surface area contributed by atoms with Crippen LogP contribution in [0, 0.1) is 0 Å². The summed E-state index contributed by atoms with van der Waals surface area (Å²) < 4.78 is 5.00. The van der Waals surface area contributed by atoms with E-state index in [9.17, 15) is 9.59 Å². The van der Waals surface area contributed by atoms with Crippen LogP contribution in [0.15, 0.2) is 41.1 Å². The molecule has 0 saturated heterocycles. The Labute approximate surface area is 168 Å². The van der Waals surface area contributed by atoms with Gasteiger partial charge in [0.05, 0.1) is 18.3 Å². The summed E-state index contributed by atoms with van der Waals surface area (Å²) in [4.78, 5) is 27.6. The number of nitrogens with zero attached hydrogens (tertiary/aromatic N) is 1. The van der Waals surface area contributed by atoms with E-state index >= 15 is 0 Å². The number of esters is 1. The van der Waals surface area contributed by atoms with Gasteiger partial charge in [0.15, 0.2) is 0 Å². The molecular formula is C24H31NO3. The summed E-state index contributed by atoms with van der Waals surface area (Å²) in [6, 6.07) is 8.36. The van der Waals surface area contributed by atoms with E-state index in [0.29, 0.717) is 11.1 Å². The quantitative estimate of drug-likeness (QED) is 0.547. The summed E-state index contributed by atoms with van der Waals surface area (Å²) >= 11 is 0. The summed E-state index contributed by atoms with van der Waals surface area (Å²) in [5.74, 6) is -0.522. The van der Waals surface area contributed by atoms with Crippen molar-refractivity contribution in [2.75, 3.05) is 7.11 Å². The molecule has 0 atom stereocenters. The highest BCUT2D eigenvalue weighted by molar-refractivity contribution is 6.16. The maximum Gasteiger partial charge on any atom is 0.340 e. The van der Waals surface area contributed by atoms with Crippen LogP contribution in [0.1, 0.15) is 70.9 Å². The molecule has 1 saturated carbocycles. The molecule has 1 aromatic rings. The van der Waals surface area contributed by atoms with Crippen LogP contribution in [0.3, 0.4) is 0 Å². The van der Waals surface area contributed by atoms with E-state index in [2.05, 4.69) is 32.9 Å². The molecule has 1 aliphatic heterocycles. The Hall–Kier alpha value is -2.36. The fraction of sp³-hybridized carbons (Fsp3) is 0.500. The molecule has 1 amide bonds. The number of hydrogen-bond acceptors (Lipinski definition) is 3. The van der Waals surface area contributed by atoms with Gasteiger partial charge >= 0.3 is 5.97 Å². The summed E-state index contributed by atoms with van der Waals surface area (Å²) in [6.45, 7) is 8.38. The van der Waals surface area contributed by atoms with Gasteiger partial charge in [-0.15, -0.1) is 0 Å². The second-order valence-electron chi connectivity index (χ2n) is 8.85. The standard InChI is InChI=1S/C24H31NO3/c1-16-21(23(27)28-5)20(22(26)25(16)19-9-7-6-8-10-19)15-17-11-13-18(14-12-17)24(2,3)4/h11-15,19H,6-10H2,1-5H3/b20-15-. The van der Waals surface area contributed by atoms with Crippen LogP contribution in [0.4, 0.5) is 0 Å². The average Bonchev–Trinajstić information content (AvgIpc) is 2.91. The van der Waals surface area contributed by atoms with Gasteiger partial charge in [0.2, 0.25) is 0 Å². The smallest absolute Gasteiger partial charge is 0.340 e. The van der Waals surface area contributed by atoms with Gasteiger partial charge in [-0.05, 0) is 42.4 Å². The molecule has 0 N–H and O–H groups in total. The second kappa shape index (κ2) is 7.94. The molecule has 150 valence electrons. The van der Waals surface area contributed by atoms with Crippen molar-refractivity contribution >= 4 is 18.0 Å². The molecule has 0 unspecified atom stereocenters.